The van der Waals surface area contributed by atoms with Crippen LogP contribution in [0.2, 0.25) is 5.02 Å². The van der Waals surface area contributed by atoms with Crippen LogP contribution in [-0.4, -0.2) is 18.1 Å². The van der Waals surface area contributed by atoms with Gasteiger partial charge in [-0.15, -0.1) is 0 Å². The topological polar surface area (TPSA) is 15.3 Å². The summed E-state index contributed by atoms with van der Waals surface area (Å²) in [6.07, 6.45) is 3.97. The summed E-state index contributed by atoms with van der Waals surface area (Å²) < 4.78 is 0.965. The highest BCUT2D eigenvalue weighted by Gasteiger charge is 2.09. The van der Waals surface area contributed by atoms with E-state index < -0.39 is 0 Å². The standard InChI is InChI=1S/C12H16BrClN2/c13-11-8-10(4-5-12(11)14)9-15-16-6-2-1-3-7-16/h4-5,8,15H,1-3,6-7,9H2. The number of hydrazine groups is 1. The Labute approximate surface area is 110 Å². The van der Waals surface area contributed by atoms with Crippen LogP contribution in [0.3, 0.4) is 0 Å². The van der Waals surface area contributed by atoms with Gasteiger partial charge in [-0.3, -0.25) is 5.43 Å². The Balaban J connectivity index is 1.86. The third kappa shape index (κ3) is 3.45. The molecule has 0 aromatic heterocycles. The summed E-state index contributed by atoms with van der Waals surface area (Å²) in [5, 5.41) is 3.08. The molecule has 0 amide bonds. The van der Waals surface area contributed by atoms with Gasteiger partial charge in [-0.25, -0.2) is 5.01 Å². The Morgan fingerprint density at radius 3 is 2.69 bits per heavy atom. The molecule has 88 valence electrons. The van der Waals surface area contributed by atoms with Crippen LogP contribution in [0.15, 0.2) is 22.7 Å². The number of rotatable bonds is 3. The molecule has 1 aliphatic rings. The number of halogens is 2. The third-order valence-electron chi connectivity index (χ3n) is 2.85. The van der Waals surface area contributed by atoms with Gasteiger partial charge in [0.2, 0.25) is 0 Å². The third-order valence-corrected chi connectivity index (χ3v) is 4.06. The Hall–Kier alpha value is -0.0900. The molecule has 0 unspecified atom stereocenters. The van der Waals surface area contributed by atoms with Gasteiger partial charge < -0.3 is 0 Å². The van der Waals surface area contributed by atoms with Crippen molar-refractivity contribution in [1.82, 2.24) is 10.4 Å². The number of hydrogen-bond donors (Lipinski definition) is 1. The van der Waals surface area contributed by atoms with Gasteiger partial charge in [0, 0.05) is 24.1 Å². The molecule has 0 atom stereocenters. The summed E-state index contributed by atoms with van der Waals surface area (Å²) in [5.41, 5.74) is 4.71. The maximum atomic E-state index is 5.95. The zero-order chi connectivity index (χ0) is 11.4. The normalized spacial score (nSPS) is 17.6. The van der Waals surface area contributed by atoms with Crippen molar-refractivity contribution in [2.24, 2.45) is 0 Å². The van der Waals surface area contributed by atoms with E-state index in [4.69, 9.17) is 11.6 Å². The second kappa shape index (κ2) is 6.01. The predicted molar refractivity (Wildman–Crippen MR) is 71.4 cm³/mol. The highest BCUT2D eigenvalue weighted by molar-refractivity contribution is 9.10. The molecule has 16 heavy (non-hydrogen) atoms. The van der Waals surface area contributed by atoms with E-state index in [0.717, 1.165) is 29.1 Å². The molecule has 1 aromatic rings. The van der Waals surface area contributed by atoms with Crippen LogP contribution in [0.1, 0.15) is 24.8 Å². The maximum absolute atomic E-state index is 5.95. The molecule has 2 rings (SSSR count). The Bertz CT molecular complexity index is 351. The van der Waals surface area contributed by atoms with Crippen molar-refractivity contribution in [2.75, 3.05) is 13.1 Å². The second-order valence-electron chi connectivity index (χ2n) is 4.13. The average Bonchev–Trinajstić information content (AvgIpc) is 2.32. The van der Waals surface area contributed by atoms with Gasteiger partial charge in [0.15, 0.2) is 0 Å². The molecule has 2 nitrogen and oxygen atoms in total. The summed E-state index contributed by atoms with van der Waals surface area (Å²) in [7, 11) is 0. The van der Waals surface area contributed by atoms with Crippen LogP contribution in [0, 0.1) is 0 Å². The molecule has 1 saturated heterocycles. The first-order chi connectivity index (χ1) is 7.75. The smallest absolute Gasteiger partial charge is 0.0548 e. The molecule has 4 heteroatoms. The van der Waals surface area contributed by atoms with Gasteiger partial charge >= 0.3 is 0 Å². The summed E-state index contributed by atoms with van der Waals surface area (Å²) >= 11 is 9.39. The van der Waals surface area contributed by atoms with E-state index in [0.29, 0.717) is 0 Å². The minimum absolute atomic E-state index is 0.765. The first kappa shape index (κ1) is 12.4. The Morgan fingerprint density at radius 1 is 1.25 bits per heavy atom. The van der Waals surface area contributed by atoms with Crippen molar-refractivity contribution in [2.45, 2.75) is 25.8 Å². The van der Waals surface area contributed by atoms with E-state index >= 15 is 0 Å². The van der Waals surface area contributed by atoms with E-state index in [9.17, 15) is 0 Å². The lowest BCUT2D eigenvalue weighted by Crippen LogP contribution is -2.41. The van der Waals surface area contributed by atoms with Crippen molar-refractivity contribution in [3.63, 3.8) is 0 Å². The minimum Gasteiger partial charge on any atom is -0.251 e. The van der Waals surface area contributed by atoms with Crippen LogP contribution < -0.4 is 5.43 Å². The molecule has 0 radical (unpaired) electrons. The fourth-order valence-corrected chi connectivity index (χ4v) is 2.45. The summed E-state index contributed by atoms with van der Waals surface area (Å²) in [5.74, 6) is 0. The van der Waals surface area contributed by atoms with Crippen molar-refractivity contribution in [3.8, 4) is 0 Å². The number of hydrogen-bond acceptors (Lipinski definition) is 2. The summed E-state index contributed by atoms with van der Waals surface area (Å²) in [4.78, 5) is 0. The Kier molecular flexibility index (Phi) is 4.65. The lowest BCUT2D eigenvalue weighted by molar-refractivity contribution is 0.151. The molecule has 0 saturated carbocycles. The molecular weight excluding hydrogens is 288 g/mol. The molecule has 0 bridgehead atoms. The van der Waals surface area contributed by atoms with Gasteiger partial charge in [0.05, 0.1) is 5.02 Å². The summed E-state index contributed by atoms with van der Waals surface area (Å²) in [6, 6.07) is 6.06. The minimum atomic E-state index is 0.765. The highest BCUT2D eigenvalue weighted by atomic mass is 79.9. The maximum Gasteiger partial charge on any atom is 0.0548 e. The van der Waals surface area contributed by atoms with Crippen LogP contribution in [0.4, 0.5) is 0 Å². The van der Waals surface area contributed by atoms with E-state index in [2.05, 4.69) is 38.5 Å². The molecule has 1 aromatic carbocycles. The van der Waals surface area contributed by atoms with Gasteiger partial charge in [-0.2, -0.15) is 0 Å². The molecule has 0 aliphatic carbocycles. The van der Waals surface area contributed by atoms with Gasteiger partial charge in [-0.05, 0) is 46.5 Å². The molecule has 1 N–H and O–H groups in total. The first-order valence-electron chi connectivity index (χ1n) is 5.68. The van der Waals surface area contributed by atoms with Crippen LogP contribution in [0.25, 0.3) is 0 Å². The lowest BCUT2D eigenvalue weighted by Gasteiger charge is -2.27. The molecular formula is C12H16BrClN2. The van der Waals surface area contributed by atoms with E-state index in [1.165, 1.54) is 24.8 Å². The quantitative estimate of drug-likeness (QED) is 0.918. The first-order valence-corrected chi connectivity index (χ1v) is 6.85. The Morgan fingerprint density at radius 2 is 2.00 bits per heavy atom. The van der Waals surface area contributed by atoms with E-state index in [1.54, 1.807) is 0 Å². The fraction of sp³-hybridized carbons (Fsp3) is 0.500. The van der Waals surface area contributed by atoms with Gasteiger partial charge in [0.25, 0.3) is 0 Å². The zero-order valence-electron chi connectivity index (χ0n) is 9.18. The molecule has 1 fully saturated rings. The van der Waals surface area contributed by atoms with Crippen LogP contribution >= 0.6 is 27.5 Å². The van der Waals surface area contributed by atoms with E-state index in [-0.39, 0.29) is 0 Å². The zero-order valence-corrected chi connectivity index (χ0v) is 11.5. The van der Waals surface area contributed by atoms with Crippen LogP contribution in [-0.2, 0) is 6.54 Å². The average molecular weight is 304 g/mol. The SMILES string of the molecule is Clc1ccc(CNN2CCCCC2)cc1Br. The van der Waals surface area contributed by atoms with Crippen molar-refractivity contribution >= 4 is 27.5 Å². The van der Waals surface area contributed by atoms with Crippen molar-refractivity contribution in [3.05, 3.63) is 33.3 Å². The second-order valence-corrected chi connectivity index (χ2v) is 5.39. The van der Waals surface area contributed by atoms with Crippen molar-refractivity contribution in [1.29, 1.82) is 0 Å². The van der Waals surface area contributed by atoms with E-state index in [1.807, 2.05) is 6.07 Å². The predicted octanol–water partition coefficient (Wildman–Crippen LogP) is 3.59. The molecule has 0 spiro atoms. The van der Waals surface area contributed by atoms with Crippen LogP contribution in [0.5, 0.6) is 0 Å². The number of nitrogens with zero attached hydrogens (tertiary/aromatic N) is 1. The van der Waals surface area contributed by atoms with Gasteiger partial charge in [-0.1, -0.05) is 24.1 Å². The fourth-order valence-electron chi connectivity index (χ4n) is 1.90. The molecule has 1 aliphatic heterocycles. The largest absolute Gasteiger partial charge is 0.251 e. The monoisotopic (exact) mass is 302 g/mol. The lowest BCUT2D eigenvalue weighted by atomic mass is 10.2. The van der Waals surface area contributed by atoms with Crippen molar-refractivity contribution < 1.29 is 0 Å². The molecule has 1 heterocycles. The van der Waals surface area contributed by atoms with Gasteiger partial charge in [0.1, 0.15) is 0 Å². The number of nitrogens with one attached hydrogen (secondary N) is 1. The highest BCUT2D eigenvalue weighted by Crippen LogP contribution is 2.23. The number of piperidine rings is 1. The number of benzene rings is 1. The summed E-state index contributed by atoms with van der Waals surface area (Å²) in [6.45, 7) is 3.19.